The van der Waals surface area contributed by atoms with Gasteiger partial charge in [0.15, 0.2) is 5.17 Å². The summed E-state index contributed by atoms with van der Waals surface area (Å²) in [7, 11) is 0. The van der Waals surface area contributed by atoms with Crippen LogP contribution in [-0.4, -0.2) is 58.1 Å². The highest BCUT2D eigenvalue weighted by Gasteiger charge is 2.42. The Labute approximate surface area is 233 Å². The molecule has 3 heterocycles. The fourth-order valence-corrected chi connectivity index (χ4v) is 6.04. The minimum absolute atomic E-state index is 0.0814. The van der Waals surface area contributed by atoms with Crippen molar-refractivity contribution < 1.29 is 23.9 Å². The lowest BCUT2D eigenvalue weighted by Gasteiger charge is -2.38. The van der Waals surface area contributed by atoms with Crippen molar-refractivity contribution in [3.8, 4) is 0 Å². The van der Waals surface area contributed by atoms with Crippen LogP contribution in [0.1, 0.15) is 65.5 Å². The molecule has 3 aliphatic heterocycles. The maximum atomic E-state index is 13.5. The van der Waals surface area contributed by atoms with Gasteiger partial charge in [-0.25, -0.2) is 9.79 Å². The minimum atomic E-state index is -0.689. The number of amidine groups is 1. The third kappa shape index (κ3) is 6.26. The predicted molar refractivity (Wildman–Crippen MR) is 148 cm³/mol. The lowest BCUT2D eigenvalue weighted by molar-refractivity contribution is -0.152. The van der Waals surface area contributed by atoms with Gasteiger partial charge in [-0.1, -0.05) is 35.5 Å². The second-order valence-corrected chi connectivity index (χ2v) is 11.8. The second-order valence-electron chi connectivity index (χ2n) is 10.6. The SMILES string of the molecule is CCOC(=O)C1CCCN(C(=O)CC2=CSC3=NC(C)=C(C(=O)OC(C)(C)C)C(c4cccc(Cl)c4)N23)C1. The number of amides is 1. The standard InChI is InChI=1S/C28H34ClN3O5S/c1-6-36-25(34)19-10-8-12-31(15-19)22(33)14-21-16-38-27-30-17(2)23(26(35)37-28(3,4)5)24(32(21)27)18-9-7-11-20(29)13-18/h7,9,11,13,16,19,24H,6,8,10,12,14-15H2,1-5H3. The summed E-state index contributed by atoms with van der Waals surface area (Å²) in [5, 5.41) is 3.14. The average molecular weight is 560 g/mol. The number of piperidine rings is 1. The zero-order valence-corrected chi connectivity index (χ0v) is 24.0. The Kier molecular flexibility index (Phi) is 8.57. The van der Waals surface area contributed by atoms with E-state index >= 15 is 0 Å². The van der Waals surface area contributed by atoms with Crippen molar-refractivity contribution >= 4 is 46.4 Å². The highest BCUT2D eigenvalue weighted by molar-refractivity contribution is 8.16. The minimum Gasteiger partial charge on any atom is -0.466 e. The topological polar surface area (TPSA) is 88.5 Å². The summed E-state index contributed by atoms with van der Waals surface area (Å²) < 4.78 is 11.0. The first-order valence-corrected chi connectivity index (χ1v) is 14.1. The molecule has 1 aromatic carbocycles. The number of benzene rings is 1. The molecule has 38 heavy (non-hydrogen) atoms. The number of thioether (sulfide) groups is 1. The van der Waals surface area contributed by atoms with Gasteiger partial charge in [-0.15, -0.1) is 0 Å². The monoisotopic (exact) mass is 559 g/mol. The predicted octanol–water partition coefficient (Wildman–Crippen LogP) is 5.45. The maximum Gasteiger partial charge on any atom is 0.338 e. The molecule has 10 heteroatoms. The normalized spacial score (nSPS) is 21.5. The van der Waals surface area contributed by atoms with E-state index < -0.39 is 17.6 Å². The fraction of sp³-hybridized carbons (Fsp3) is 0.500. The van der Waals surface area contributed by atoms with Crippen molar-refractivity contribution in [3.05, 3.63) is 57.2 Å². The Bertz CT molecular complexity index is 1220. The molecule has 1 aromatic rings. The molecule has 0 aromatic heterocycles. The molecular weight excluding hydrogens is 526 g/mol. The number of allylic oxidation sites excluding steroid dienone is 1. The molecule has 4 rings (SSSR count). The van der Waals surface area contributed by atoms with Crippen molar-refractivity contribution in [2.24, 2.45) is 10.9 Å². The van der Waals surface area contributed by atoms with Crippen molar-refractivity contribution in [1.82, 2.24) is 9.80 Å². The summed E-state index contributed by atoms with van der Waals surface area (Å²) >= 11 is 7.78. The highest BCUT2D eigenvalue weighted by atomic mass is 35.5. The van der Waals surface area contributed by atoms with Crippen molar-refractivity contribution in [3.63, 3.8) is 0 Å². The number of hydrogen-bond donors (Lipinski definition) is 0. The third-order valence-corrected chi connectivity index (χ3v) is 7.63. The van der Waals surface area contributed by atoms with E-state index in [9.17, 15) is 14.4 Å². The molecule has 1 amide bonds. The van der Waals surface area contributed by atoms with Gasteiger partial charge in [-0.3, -0.25) is 9.59 Å². The lowest BCUT2D eigenvalue weighted by Crippen LogP contribution is -2.44. The average Bonchev–Trinajstić information content (AvgIpc) is 3.24. The number of carbonyl (C=O) groups excluding carboxylic acids is 3. The van der Waals surface area contributed by atoms with Gasteiger partial charge in [-0.05, 0) is 70.6 Å². The van der Waals surface area contributed by atoms with E-state index in [4.69, 9.17) is 26.1 Å². The van der Waals surface area contributed by atoms with Crippen molar-refractivity contribution in [2.45, 2.75) is 65.5 Å². The Morgan fingerprint density at radius 3 is 2.68 bits per heavy atom. The van der Waals surface area contributed by atoms with Crippen LogP contribution in [0.15, 0.2) is 51.6 Å². The number of aliphatic imine (C=N–C) groups is 1. The molecule has 0 N–H and O–H groups in total. The number of fused-ring (bicyclic) bond motifs is 1. The van der Waals surface area contributed by atoms with Gasteiger partial charge in [0.25, 0.3) is 0 Å². The molecule has 2 atom stereocenters. The van der Waals surface area contributed by atoms with Gasteiger partial charge in [0.05, 0.1) is 36.3 Å². The Balaban J connectivity index is 1.62. The van der Waals surface area contributed by atoms with Crippen LogP contribution in [0.5, 0.6) is 0 Å². The first-order valence-electron chi connectivity index (χ1n) is 12.9. The molecule has 3 aliphatic rings. The van der Waals surface area contributed by atoms with E-state index in [0.717, 1.165) is 17.7 Å². The van der Waals surface area contributed by atoms with Crippen LogP contribution >= 0.6 is 23.4 Å². The zero-order valence-electron chi connectivity index (χ0n) is 22.5. The van der Waals surface area contributed by atoms with E-state index in [2.05, 4.69) is 0 Å². The van der Waals surface area contributed by atoms with Gasteiger partial charge < -0.3 is 19.3 Å². The van der Waals surface area contributed by atoms with E-state index in [1.807, 2.05) is 49.3 Å². The van der Waals surface area contributed by atoms with Gasteiger partial charge in [0, 0.05) is 23.8 Å². The van der Waals surface area contributed by atoms with E-state index in [1.165, 1.54) is 11.8 Å². The lowest BCUT2D eigenvalue weighted by atomic mass is 9.93. The van der Waals surface area contributed by atoms with Crippen LogP contribution in [0.4, 0.5) is 0 Å². The Morgan fingerprint density at radius 2 is 2.00 bits per heavy atom. The Morgan fingerprint density at radius 1 is 1.24 bits per heavy atom. The first-order chi connectivity index (χ1) is 18.0. The third-order valence-electron chi connectivity index (χ3n) is 6.51. The largest absolute Gasteiger partial charge is 0.466 e. The van der Waals surface area contributed by atoms with Crippen LogP contribution in [0.25, 0.3) is 0 Å². The first kappa shape index (κ1) is 28.2. The number of likely N-dealkylation sites (tertiary alicyclic amines) is 1. The van der Waals surface area contributed by atoms with Crippen LogP contribution < -0.4 is 0 Å². The summed E-state index contributed by atoms with van der Waals surface area (Å²) in [6.45, 7) is 10.3. The molecule has 1 saturated heterocycles. The maximum absolute atomic E-state index is 13.5. The number of carbonyl (C=O) groups is 3. The molecular formula is C28H34ClN3O5S. The summed E-state index contributed by atoms with van der Waals surface area (Å²) in [6.07, 6.45) is 1.57. The highest BCUT2D eigenvalue weighted by Crippen LogP contribution is 2.45. The van der Waals surface area contributed by atoms with Crippen molar-refractivity contribution in [2.75, 3.05) is 19.7 Å². The quantitative estimate of drug-likeness (QED) is 0.428. The number of halogens is 1. The molecule has 0 bridgehead atoms. The van der Waals surface area contributed by atoms with Crippen molar-refractivity contribution in [1.29, 1.82) is 0 Å². The van der Waals surface area contributed by atoms with Crippen LogP contribution in [0.3, 0.4) is 0 Å². The van der Waals surface area contributed by atoms with Gasteiger partial charge >= 0.3 is 11.9 Å². The molecule has 0 spiro atoms. The molecule has 2 unspecified atom stereocenters. The summed E-state index contributed by atoms with van der Waals surface area (Å²) in [5.74, 6) is -1.11. The molecule has 0 aliphatic carbocycles. The van der Waals surface area contributed by atoms with Gasteiger partial charge in [0.1, 0.15) is 5.60 Å². The zero-order chi connectivity index (χ0) is 27.6. The van der Waals surface area contributed by atoms with E-state index in [1.54, 1.807) is 24.8 Å². The smallest absolute Gasteiger partial charge is 0.338 e. The van der Waals surface area contributed by atoms with Crippen LogP contribution in [-0.2, 0) is 23.9 Å². The number of hydrogen-bond acceptors (Lipinski definition) is 8. The molecule has 8 nitrogen and oxygen atoms in total. The molecule has 1 fully saturated rings. The number of rotatable bonds is 6. The van der Waals surface area contributed by atoms with E-state index in [-0.39, 0.29) is 24.2 Å². The molecule has 204 valence electrons. The number of esters is 2. The summed E-state index contributed by atoms with van der Waals surface area (Å²) in [4.78, 5) is 47.6. The summed E-state index contributed by atoms with van der Waals surface area (Å²) in [5.41, 5.74) is 1.82. The van der Waals surface area contributed by atoms with Crippen LogP contribution in [0.2, 0.25) is 5.02 Å². The molecule has 0 saturated carbocycles. The number of nitrogens with zero attached hydrogens (tertiary/aromatic N) is 3. The Hall–Kier alpha value is -2.78. The van der Waals surface area contributed by atoms with Gasteiger partial charge in [-0.2, -0.15) is 0 Å². The fourth-order valence-electron chi connectivity index (χ4n) is 4.88. The summed E-state index contributed by atoms with van der Waals surface area (Å²) in [6, 6.07) is 6.80. The second kappa shape index (κ2) is 11.5. The molecule has 0 radical (unpaired) electrons. The number of ether oxygens (including phenoxy) is 2. The van der Waals surface area contributed by atoms with E-state index in [0.29, 0.717) is 47.6 Å². The van der Waals surface area contributed by atoms with Gasteiger partial charge in [0.2, 0.25) is 5.91 Å². The van der Waals surface area contributed by atoms with Crippen LogP contribution in [0, 0.1) is 5.92 Å².